The van der Waals surface area contributed by atoms with Crippen LogP contribution in [0.2, 0.25) is 0 Å². The van der Waals surface area contributed by atoms with Crippen molar-refractivity contribution in [2.45, 2.75) is 68.4 Å². The number of hydrogen-bond donors (Lipinski definition) is 2. The number of rotatable bonds is 12. The first-order valence-electron chi connectivity index (χ1n) is 19.7. The van der Waals surface area contributed by atoms with Crippen LogP contribution in [-0.4, -0.2) is 57.4 Å². The molecule has 60 heavy (non-hydrogen) atoms. The number of aliphatic hydroxyl groups is 1. The maximum absolute atomic E-state index is 13.2. The van der Waals surface area contributed by atoms with Crippen molar-refractivity contribution in [1.29, 1.82) is 0 Å². The Morgan fingerprint density at radius 1 is 0.800 bits per heavy atom. The highest BCUT2D eigenvalue weighted by Gasteiger charge is 2.47. The molecule has 0 bridgehead atoms. The third-order valence-corrected chi connectivity index (χ3v) is 11.7. The van der Waals surface area contributed by atoms with E-state index in [2.05, 4.69) is 5.32 Å². The smallest absolute Gasteiger partial charge is 0.431 e. The summed E-state index contributed by atoms with van der Waals surface area (Å²) in [7, 11) is 0. The van der Waals surface area contributed by atoms with Crippen molar-refractivity contribution in [3.05, 3.63) is 156 Å². The van der Waals surface area contributed by atoms with Gasteiger partial charge in [-0.1, -0.05) is 145 Å². The van der Waals surface area contributed by atoms with Crippen LogP contribution < -0.4 is 5.32 Å². The van der Waals surface area contributed by atoms with Gasteiger partial charge in [0, 0.05) is 42.0 Å². The van der Waals surface area contributed by atoms with E-state index in [1.165, 1.54) is 11.8 Å². The molecule has 0 aliphatic carbocycles. The number of nitrogens with one attached hydrogen (secondary N) is 1. The van der Waals surface area contributed by atoms with Gasteiger partial charge in [0.2, 0.25) is 5.91 Å². The number of oxazole rings is 1. The predicted molar refractivity (Wildman–Crippen MR) is 221 cm³/mol. The molecule has 2 fully saturated rings. The number of carbonyl (C=O) groups excluding carboxylic acids is 2. The number of likely N-dealkylation sites (tertiary alicyclic amines) is 1. The molecule has 0 spiro atoms. The van der Waals surface area contributed by atoms with Crippen LogP contribution in [0.3, 0.4) is 0 Å². The average Bonchev–Trinajstić information content (AvgIpc) is 3.96. The number of nitrogens with zero attached hydrogens (tertiary/aromatic N) is 2. The number of alkyl halides is 3. The van der Waals surface area contributed by atoms with Gasteiger partial charge in [0.1, 0.15) is 11.7 Å². The first-order chi connectivity index (χ1) is 29.1. The van der Waals surface area contributed by atoms with Crippen LogP contribution in [0.5, 0.6) is 0 Å². The van der Waals surface area contributed by atoms with Crippen molar-refractivity contribution >= 4 is 23.6 Å². The zero-order valence-corrected chi connectivity index (χ0v) is 33.2. The summed E-state index contributed by atoms with van der Waals surface area (Å²) in [5.41, 5.74) is 7.64. The summed E-state index contributed by atoms with van der Waals surface area (Å²) in [4.78, 5) is 30.5. The van der Waals surface area contributed by atoms with Gasteiger partial charge in [0.05, 0.1) is 18.8 Å². The van der Waals surface area contributed by atoms with Crippen LogP contribution in [-0.2, 0) is 32.2 Å². The van der Waals surface area contributed by atoms with Crippen molar-refractivity contribution in [3.8, 4) is 33.7 Å². The van der Waals surface area contributed by atoms with E-state index in [1.807, 2.05) is 133 Å². The number of thioether (sulfide) groups is 1. The molecule has 13 heteroatoms. The van der Waals surface area contributed by atoms with Crippen LogP contribution in [0.4, 0.5) is 13.2 Å². The van der Waals surface area contributed by atoms with E-state index in [0.29, 0.717) is 34.5 Å². The Morgan fingerprint density at radius 3 is 2.17 bits per heavy atom. The Morgan fingerprint density at radius 2 is 1.47 bits per heavy atom. The van der Waals surface area contributed by atoms with E-state index in [0.717, 1.165) is 50.2 Å². The fraction of sp³-hybridized carbons (Fsp3) is 0.255. The maximum Gasteiger partial charge on any atom is 0.471 e. The van der Waals surface area contributed by atoms with Crippen molar-refractivity contribution in [3.63, 3.8) is 0 Å². The van der Waals surface area contributed by atoms with Gasteiger partial charge in [-0.3, -0.25) is 9.59 Å². The third-order valence-electron chi connectivity index (χ3n) is 10.7. The molecule has 0 saturated carbocycles. The highest BCUT2D eigenvalue weighted by molar-refractivity contribution is 7.99. The number of halogens is 3. The molecule has 4 atom stereocenters. The third kappa shape index (κ3) is 9.34. The molecule has 0 radical (unpaired) electrons. The fourth-order valence-corrected chi connectivity index (χ4v) is 8.49. The Labute approximate surface area is 349 Å². The quantitative estimate of drug-likeness (QED) is 0.117. The van der Waals surface area contributed by atoms with Gasteiger partial charge in [-0.2, -0.15) is 13.2 Å². The van der Waals surface area contributed by atoms with Crippen molar-refractivity contribution in [2.75, 3.05) is 12.3 Å². The molecule has 9 nitrogen and oxygen atoms in total. The maximum atomic E-state index is 13.2. The van der Waals surface area contributed by atoms with Crippen molar-refractivity contribution in [1.82, 2.24) is 15.2 Å². The highest BCUT2D eigenvalue weighted by Crippen LogP contribution is 2.41. The molecule has 6 aromatic rings. The summed E-state index contributed by atoms with van der Waals surface area (Å²) in [6, 6.07) is 41.6. The molecule has 2 aliphatic rings. The molecule has 0 unspecified atom stereocenters. The van der Waals surface area contributed by atoms with Gasteiger partial charge in [-0.15, -0.1) is 0 Å². The lowest BCUT2D eigenvalue weighted by Crippen LogP contribution is -2.50. The molecule has 308 valence electrons. The molecule has 2 saturated heterocycles. The normalized spacial score (nSPS) is 19.3. The lowest BCUT2D eigenvalue weighted by molar-refractivity contribution is -0.245. The molecule has 1 aromatic heterocycles. The predicted octanol–water partition coefficient (Wildman–Crippen LogP) is 9.68. The van der Waals surface area contributed by atoms with Crippen LogP contribution >= 0.6 is 11.8 Å². The highest BCUT2D eigenvalue weighted by atomic mass is 32.2. The van der Waals surface area contributed by atoms with Crippen LogP contribution in [0, 0.1) is 0 Å². The molecule has 3 heterocycles. The number of benzene rings is 5. The van der Waals surface area contributed by atoms with Crippen molar-refractivity contribution < 1.29 is 41.8 Å². The topological polar surface area (TPSA) is 114 Å². The standard InChI is InChI=1S/C47H42F3N3O6S/c48-47(49,50)45(56)53-25-9-16-39(53)43(55)51-27-36-14-7-8-15-38(36)31-21-23-35(24-22-31)44-57-37(26-40(58-44)32-19-17-30(28-54)18-20-32)29-60-46-52-41(33-10-3-1-4-11-33)42(59-46)34-12-5-2-6-13-34/h1-8,10-15,17-24,37,39-40,44,54H,9,16,25-29H2,(H,51,55)/t37-,39+,40+,44+/m1/s1. The summed E-state index contributed by atoms with van der Waals surface area (Å²) in [5.74, 6) is -1.38. The van der Waals surface area contributed by atoms with E-state index in [1.54, 1.807) is 0 Å². The van der Waals surface area contributed by atoms with Gasteiger partial charge in [-0.25, -0.2) is 4.98 Å². The summed E-state index contributed by atoms with van der Waals surface area (Å²) in [6.45, 7) is -0.111. The largest absolute Gasteiger partial charge is 0.471 e. The number of aliphatic hydroxyl groups excluding tert-OH is 1. The van der Waals surface area contributed by atoms with Gasteiger partial charge in [0.15, 0.2) is 12.1 Å². The van der Waals surface area contributed by atoms with Gasteiger partial charge in [-0.05, 0) is 40.7 Å². The first-order valence-corrected chi connectivity index (χ1v) is 20.7. The molecule has 8 rings (SSSR count). The van der Waals surface area contributed by atoms with Crippen LogP contribution in [0.15, 0.2) is 143 Å². The number of aromatic nitrogens is 1. The van der Waals surface area contributed by atoms with Crippen molar-refractivity contribution in [2.24, 2.45) is 0 Å². The van der Waals surface area contributed by atoms with E-state index >= 15 is 0 Å². The van der Waals surface area contributed by atoms with E-state index in [-0.39, 0.29) is 38.3 Å². The number of ether oxygens (including phenoxy) is 2. The second kappa shape index (κ2) is 18.3. The number of hydrogen-bond acceptors (Lipinski definition) is 8. The molecule has 2 N–H and O–H groups in total. The van der Waals surface area contributed by atoms with E-state index in [4.69, 9.17) is 18.9 Å². The fourth-order valence-electron chi connectivity index (χ4n) is 7.65. The first kappa shape index (κ1) is 41.0. The zero-order chi connectivity index (χ0) is 41.6. The summed E-state index contributed by atoms with van der Waals surface area (Å²) in [5, 5.41) is 12.9. The lowest BCUT2D eigenvalue weighted by atomic mass is 9.97. The second-order valence-electron chi connectivity index (χ2n) is 14.7. The van der Waals surface area contributed by atoms with E-state index < -0.39 is 30.3 Å². The van der Waals surface area contributed by atoms with Gasteiger partial charge >= 0.3 is 12.1 Å². The Bertz CT molecular complexity index is 2340. The van der Waals surface area contributed by atoms with Gasteiger partial charge in [0.25, 0.3) is 5.22 Å². The monoisotopic (exact) mass is 833 g/mol. The van der Waals surface area contributed by atoms with Crippen LogP contribution in [0.25, 0.3) is 33.7 Å². The molecule has 2 aliphatic heterocycles. The summed E-state index contributed by atoms with van der Waals surface area (Å²) < 4.78 is 59.2. The molecule has 2 amide bonds. The summed E-state index contributed by atoms with van der Waals surface area (Å²) in [6.07, 6.45) is -5.26. The zero-order valence-electron chi connectivity index (χ0n) is 32.4. The lowest BCUT2D eigenvalue weighted by Gasteiger charge is -2.36. The SMILES string of the molecule is O=C(NCc1ccccc1-c1ccc([C@H]2O[C@@H](CSc3nc(-c4ccccc4)c(-c4ccccc4)o3)C[C@@H](c3ccc(CO)cc3)O2)cc1)[C@@H]1CCCN1C(=O)C(F)(F)F. The minimum atomic E-state index is -5.04. The second-order valence-corrected chi connectivity index (χ2v) is 15.7. The molecule has 5 aromatic carbocycles. The minimum absolute atomic E-state index is 0.0627. The number of amides is 2. The Balaban J connectivity index is 0.991. The minimum Gasteiger partial charge on any atom is -0.431 e. The average molecular weight is 834 g/mol. The summed E-state index contributed by atoms with van der Waals surface area (Å²) >= 11 is 1.48. The number of carbonyl (C=O) groups is 2. The van der Waals surface area contributed by atoms with Crippen LogP contribution in [0.1, 0.15) is 53.9 Å². The molecular formula is C47H42F3N3O6S. The molecular weight excluding hydrogens is 792 g/mol. The van der Waals surface area contributed by atoms with Gasteiger partial charge < -0.3 is 29.2 Å². The Kier molecular flexibility index (Phi) is 12.5. The van der Waals surface area contributed by atoms with E-state index in [9.17, 15) is 27.9 Å². The Hall–Kier alpha value is -5.73.